The maximum Gasteiger partial charge on any atom is 0.243 e. The second kappa shape index (κ2) is 21.3. The van der Waals surface area contributed by atoms with Crippen molar-refractivity contribution in [2.24, 2.45) is 5.92 Å². The molecule has 3 aromatic rings. The smallest absolute Gasteiger partial charge is 0.243 e. The molecule has 0 spiro atoms. The number of anilines is 1. The van der Waals surface area contributed by atoms with Gasteiger partial charge in [-0.05, 0) is 77.8 Å². The number of benzene rings is 3. The summed E-state index contributed by atoms with van der Waals surface area (Å²) < 4.78 is 68.5. The van der Waals surface area contributed by atoms with Gasteiger partial charge in [-0.25, -0.2) is 8.42 Å². The quantitative estimate of drug-likeness (QED) is 0.0768. The first-order valence-corrected chi connectivity index (χ1v) is 25.3. The van der Waals surface area contributed by atoms with E-state index < -0.39 is 30.5 Å². The molecule has 0 N–H and O–H groups in total. The van der Waals surface area contributed by atoms with Crippen LogP contribution in [0.5, 0.6) is 5.75 Å². The van der Waals surface area contributed by atoms with Gasteiger partial charge in [0.25, 0.3) is 0 Å². The summed E-state index contributed by atoms with van der Waals surface area (Å²) >= 11 is 0. The number of hydrogen-bond donors (Lipinski definition) is 0. The maximum atomic E-state index is 14.6. The van der Waals surface area contributed by atoms with Crippen molar-refractivity contribution in [2.45, 2.75) is 128 Å². The minimum atomic E-state index is -3.88. The molecule has 0 aliphatic carbocycles. The molecule has 0 unspecified atom stereocenters. The molecular formula is C47H72N2O8SSi. The van der Waals surface area contributed by atoms with Crippen LogP contribution in [0.4, 0.5) is 5.69 Å². The molecule has 10 nitrogen and oxygen atoms in total. The third-order valence-electron chi connectivity index (χ3n) is 12.7. The molecule has 0 amide bonds. The Labute approximate surface area is 357 Å². The van der Waals surface area contributed by atoms with Gasteiger partial charge in [0.1, 0.15) is 12.4 Å². The molecule has 59 heavy (non-hydrogen) atoms. The van der Waals surface area contributed by atoms with Crippen LogP contribution in [0, 0.1) is 12.8 Å². The molecule has 5 atom stereocenters. The van der Waals surface area contributed by atoms with Crippen molar-refractivity contribution >= 4 is 24.0 Å². The summed E-state index contributed by atoms with van der Waals surface area (Å²) in [5.41, 5.74) is 6.11. The minimum absolute atomic E-state index is 0.111. The van der Waals surface area contributed by atoms with Crippen LogP contribution in [0.1, 0.15) is 90.0 Å². The van der Waals surface area contributed by atoms with Gasteiger partial charge in [0.2, 0.25) is 18.3 Å². The molecule has 2 aliphatic rings. The molecule has 0 aromatic heterocycles. The number of fused-ring (bicyclic) bond motifs is 1. The zero-order valence-electron chi connectivity index (χ0n) is 37.6. The lowest BCUT2D eigenvalue weighted by molar-refractivity contribution is -0.0505. The van der Waals surface area contributed by atoms with Gasteiger partial charge in [0.15, 0.2) is 0 Å². The van der Waals surface area contributed by atoms with Crippen LogP contribution in [0.25, 0.3) is 0 Å². The van der Waals surface area contributed by atoms with Crippen molar-refractivity contribution < 1.29 is 36.5 Å². The standard InChI is InChI=1S/C47H72N2O8SSi/c1-33(2)59(34(3)4,35(5)6)57-46-29-49(58(50,51)42-20-13-36(7)14-21-42)28-45(47(46)41-18-15-39(16-19-41)31-54-30-37(8)38(9)53-11)56-32-40-17-22-44-43(27-40)48(24-26-55-44)23-12-25-52-10/h13-22,27,33-35,37-38,45-47H,12,23-26,28-32H2,1-11H3/t37-,38+,45+,46-,47-/m1/s1. The lowest BCUT2D eigenvalue weighted by Gasteiger charge is -2.50. The Kier molecular flexibility index (Phi) is 17.1. The van der Waals surface area contributed by atoms with Crippen LogP contribution in [-0.2, 0) is 46.6 Å². The molecule has 2 aliphatic heterocycles. The second-order valence-corrected chi connectivity index (χ2v) is 25.0. The molecule has 328 valence electrons. The summed E-state index contributed by atoms with van der Waals surface area (Å²) in [5.74, 6) is 0.901. The molecule has 12 heteroatoms. The van der Waals surface area contributed by atoms with Crippen molar-refractivity contribution in [3.8, 4) is 5.75 Å². The van der Waals surface area contributed by atoms with E-state index in [1.54, 1.807) is 30.7 Å². The molecule has 5 rings (SSSR count). The number of hydrogen-bond acceptors (Lipinski definition) is 9. The summed E-state index contributed by atoms with van der Waals surface area (Å²) in [6, 6.07) is 22.0. The average Bonchev–Trinajstić information content (AvgIpc) is 3.21. The summed E-state index contributed by atoms with van der Waals surface area (Å²) in [7, 11) is -2.93. The molecule has 3 aromatic carbocycles. The van der Waals surface area contributed by atoms with E-state index in [-0.39, 0.29) is 35.9 Å². The lowest BCUT2D eigenvalue weighted by Crippen LogP contribution is -2.59. The van der Waals surface area contributed by atoms with E-state index in [9.17, 15) is 8.42 Å². The van der Waals surface area contributed by atoms with E-state index in [2.05, 4.69) is 96.7 Å². The minimum Gasteiger partial charge on any atom is -0.490 e. The van der Waals surface area contributed by atoms with Crippen LogP contribution < -0.4 is 9.64 Å². The Morgan fingerprint density at radius 2 is 1.46 bits per heavy atom. The van der Waals surface area contributed by atoms with Crippen LogP contribution in [0.2, 0.25) is 16.6 Å². The lowest BCUT2D eigenvalue weighted by atomic mass is 9.85. The number of piperidine rings is 1. The predicted molar refractivity (Wildman–Crippen MR) is 240 cm³/mol. The molecule has 2 heterocycles. The highest BCUT2D eigenvalue weighted by molar-refractivity contribution is 7.89. The van der Waals surface area contributed by atoms with Gasteiger partial charge >= 0.3 is 0 Å². The highest BCUT2D eigenvalue weighted by Crippen LogP contribution is 2.47. The molecule has 0 bridgehead atoms. The largest absolute Gasteiger partial charge is 0.490 e. The molecule has 1 fully saturated rings. The zero-order chi connectivity index (χ0) is 42.9. The third-order valence-corrected chi connectivity index (χ3v) is 20.7. The number of sulfonamides is 1. The monoisotopic (exact) mass is 852 g/mol. The number of ether oxygens (including phenoxy) is 5. The predicted octanol–water partition coefficient (Wildman–Crippen LogP) is 9.35. The first kappa shape index (κ1) is 47.2. The molecule has 1 saturated heterocycles. The molecular weight excluding hydrogens is 781 g/mol. The van der Waals surface area contributed by atoms with Crippen molar-refractivity contribution in [1.82, 2.24) is 4.31 Å². The van der Waals surface area contributed by atoms with Gasteiger partial charge < -0.3 is 33.0 Å². The summed E-state index contributed by atoms with van der Waals surface area (Å²) in [6.07, 6.45) is 0.0767. The van der Waals surface area contributed by atoms with Crippen LogP contribution in [0.3, 0.4) is 0 Å². The van der Waals surface area contributed by atoms with E-state index in [0.29, 0.717) is 49.7 Å². The van der Waals surface area contributed by atoms with E-state index in [1.165, 1.54) is 0 Å². The Morgan fingerprint density at radius 1 is 0.814 bits per heavy atom. The summed E-state index contributed by atoms with van der Waals surface area (Å²) in [4.78, 5) is 2.63. The van der Waals surface area contributed by atoms with Crippen LogP contribution >= 0.6 is 0 Å². The van der Waals surface area contributed by atoms with Gasteiger partial charge in [-0.1, -0.05) is 96.5 Å². The van der Waals surface area contributed by atoms with Gasteiger partial charge in [0, 0.05) is 52.3 Å². The number of methoxy groups -OCH3 is 2. The van der Waals surface area contributed by atoms with E-state index >= 15 is 0 Å². The fourth-order valence-electron chi connectivity index (χ4n) is 9.17. The third kappa shape index (κ3) is 11.4. The van der Waals surface area contributed by atoms with E-state index in [4.69, 9.17) is 28.1 Å². The Morgan fingerprint density at radius 3 is 2.08 bits per heavy atom. The molecule has 0 saturated carbocycles. The SMILES string of the molecule is COCCCN1CCOc2ccc(CO[C@H]3CN(S(=O)(=O)c4ccc(C)cc4)C[C@@H](O[Si](C(C)C)(C(C)C)C(C)C)[C@@H]3c3ccc(COC[C@@H](C)[C@H](C)OC)cc3)cc21. The maximum absolute atomic E-state index is 14.6. The fraction of sp³-hybridized carbons (Fsp3) is 0.617. The van der Waals surface area contributed by atoms with Crippen LogP contribution in [0.15, 0.2) is 71.6 Å². The molecule has 0 radical (unpaired) electrons. The van der Waals surface area contributed by atoms with Gasteiger partial charge in [-0.3, -0.25) is 0 Å². The van der Waals surface area contributed by atoms with Gasteiger partial charge in [-0.15, -0.1) is 0 Å². The van der Waals surface area contributed by atoms with Crippen molar-refractivity contribution in [2.75, 3.05) is 65.1 Å². The second-order valence-electron chi connectivity index (χ2n) is 17.6. The van der Waals surface area contributed by atoms with Gasteiger partial charge in [-0.2, -0.15) is 4.31 Å². The first-order valence-electron chi connectivity index (χ1n) is 21.7. The van der Waals surface area contributed by atoms with E-state index in [1.807, 2.05) is 25.1 Å². The topological polar surface area (TPSA) is 96.0 Å². The van der Waals surface area contributed by atoms with Crippen molar-refractivity contribution in [3.63, 3.8) is 0 Å². The Hall–Kier alpha value is -2.81. The first-order chi connectivity index (χ1) is 28.1. The number of nitrogens with zero attached hydrogens (tertiary/aromatic N) is 2. The van der Waals surface area contributed by atoms with Gasteiger partial charge in [0.05, 0.1) is 55.3 Å². The van der Waals surface area contributed by atoms with E-state index in [0.717, 1.165) is 53.2 Å². The Bertz CT molecular complexity index is 1830. The average molecular weight is 853 g/mol. The van der Waals surface area contributed by atoms with Crippen molar-refractivity contribution in [3.05, 3.63) is 89.0 Å². The highest BCUT2D eigenvalue weighted by Gasteiger charge is 2.51. The number of rotatable bonds is 21. The van der Waals surface area contributed by atoms with Crippen LogP contribution in [-0.4, -0.2) is 99.6 Å². The Balaban J connectivity index is 1.54. The normalized spacial score (nSPS) is 20.2. The zero-order valence-corrected chi connectivity index (χ0v) is 39.4. The number of aryl methyl sites for hydroxylation is 1. The fourth-order valence-corrected chi connectivity index (χ4v) is 16.2. The highest BCUT2D eigenvalue weighted by atomic mass is 32.2. The van der Waals surface area contributed by atoms with Crippen molar-refractivity contribution in [1.29, 1.82) is 0 Å². The summed E-state index contributed by atoms with van der Waals surface area (Å²) in [5, 5.41) is 0. The summed E-state index contributed by atoms with van der Waals surface area (Å²) in [6.45, 7) is 24.6.